The second-order valence-corrected chi connectivity index (χ2v) is 10.5. The number of amides is 3. The number of likely N-dealkylation sites (tertiary alicyclic amines) is 1. The van der Waals surface area contributed by atoms with Crippen LogP contribution in [0.15, 0.2) is 30.3 Å². The average Bonchev–Trinajstić information content (AvgIpc) is 3.04. The number of fused-ring (bicyclic) bond motifs is 2. The van der Waals surface area contributed by atoms with Gasteiger partial charge in [0.25, 0.3) is 17.7 Å². The van der Waals surface area contributed by atoms with Crippen molar-refractivity contribution in [2.45, 2.75) is 52.6 Å². The van der Waals surface area contributed by atoms with Crippen molar-refractivity contribution in [2.75, 3.05) is 19.6 Å². The Morgan fingerprint density at radius 2 is 1.66 bits per heavy atom. The number of nitrogens with zero attached hydrogens (tertiary/aromatic N) is 2. The van der Waals surface area contributed by atoms with E-state index in [1.165, 1.54) is 4.90 Å². The van der Waals surface area contributed by atoms with E-state index in [-0.39, 0.29) is 29.4 Å². The monoisotopic (exact) mass is 474 g/mol. The first kappa shape index (κ1) is 23.3. The van der Waals surface area contributed by atoms with Gasteiger partial charge in [-0.2, -0.15) is 0 Å². The maximum atomic E-state index is 13.3. The summed E-state index contributed by atoms with van der Waals surface area (Å²) >= 11 is 0. The molecule has 0 radical (unpaired) electrons. The number of carbonyl (C=O) groups excluding carboxylic acids is 4. The Morgan fingerprint density at radius 3 is 2.34 bits per heavy atom. The van der Waals surface area contributed by atoms with Crippen LogP contribution < -0.4 is 4.74 Å². The van der Waals surface area contributed by atoms with E-state index in [0.717, 1.165) is 11.1 Å². The van der Waals surface area contributed by atoms with Gasteiger partial charge in [-0.1, -0.05) is 19.9 Å². The number of ketones is 1. The number of imide groups is 1. The van der Waals surface area contributed by atoms with Gasteiger partial charge < -0.3 is 9.64 Å². The van der Waals surface area contributed by atoms with Crippen LogP contribution in [0.2, 0.25) is 0 Å². The Kier molecular flexibility index (Phi) is 5.54. The fraction of sp³-hybridized carbons (Fsp3) is 0.429. The number of hydrogen-bond acceptors (Lipinski definition) is 5. The predicted molar refractivity (Wildman–Crippen MR) is 130 cm³/mol. The molecule has 5 rings (SSSR count). The molecule has 182 valence electrons. The Morgan fingerprint density at radius 1 is 0.971 bits per heavy atom. The molecule has 2 aromatic rings. The standard InChI is InChI=1S/C28H30N2O5/c1-16(2)15-30-26(33)20-6-5-19(13-21(20)27(30)34)25(32)29-9-7-28(8-10-29)14-23(31)22-12-17(3)11-18(4)24(22)35-28/h5-6,11-13,16H,7-10,14-15H2,1-4H3. The lowest BCUT2D eigenvalue weighted by atomic mass is 9.81. The molecule has 0 unspecified atom stereocenters. The molecule has 3 amide bonds. The molecule has 35 heavy (non-hydrogen) atoms. The minimum Gasteiger partial charge on any atom is -0.486 e. The molecule has 3 heterocycles. The lowest BCUT2D eigenvalue weighted by molar-refractivity contribution is -0.00621. The summed E-state index contributed by atoms with van der Waals surface area (Å²) in [5.41, 5.74) is 3.08. The lowest BCUT2D eigenvalue weighted by Crippen LogP contribution is -2.52. The first-order chi connectivity index (χ1) is 16.6. The first-order valence-electron chi connectivity index (χ1n) is 12.2. The summed E-state index contributed by atoms with van der Waals surface area (Å²) in [7, 11) is 0. The third-order valence-electron chi connectivity index (χ3n) is 7.25. The van der Waals surface area contributed by atoms with Crippen LogP contribution in [0.3, 0.4) is 0 Å². The van der Waals surface area contributed by atoms with Gasteiger partial charge in [0.05, 0.1) is 23.1 Å². The molecule has 1 saturated heterocycles. The Bertz CT molecular complexity index is 1270. The maximum Gasteiger partial charge on any atom is 0.261 e. The lowest BCUT2D eigenvalue weighted by Gasteiger charge is -2.44. The summed E-state index contributed by atoms with van der Waals surface area (Å²) in [6.45, 7) is 9.09. The molecule has 7 nitrogen and oxygen atoms in total. The smallest absolute Gasteiger partial charge is 0.261 e. The van der Waals surface area contributed by atoms with Crippen LogP contribution in [0.4, 0.5) is 0 Å². The highest BCUT2D eigenvalue weighted by Gasteiger charge is 2.44. The normalized spacial score (nSPS) is 18.7. The Hall–Kier alpha value is -3.48. The van der Waals surface area contributed by atoms with Gasteiger partial charge in [0, 0.05) is 38.0 Å². The molecular formula is C28H30N2O5. The second-order valence-electron chi connectivity index (χ2n) is 10.5. The van der Waals surface area contributed by atoms with Crippen LogP contribution in [0.1, 0.15) is 85.7 Å². The summed E-state index contributed by atoms with van der Waals surface area (Å²) < 4.78 is 6.43. The molecule has 0 aromatic heterocycles. The third-order valence-corrected chi connectivity index (χ3v) is 7.25. The van der Waals surface area contributed by atoms with Crippen LogP contribution in [0.25, 0.3) is 0 Å². The van der Waals surface area contributed by atoms with Gasteiger partial charge >= 0.3 is 0 Å². The molecule has 1 spiro atoms. The number of benzene rings is 2. The van der Waals surface area contributed by atoms with E-state index in [1.54, 1.807) is 23.1 Å². The van der Waals surface area contributed by atoms with Gasteiger partial charge in [-0.15, -0.1) is 0 Å². The van der Waals surface area contributed by atoms with Crippen molar-refractivity contribution in [3.63, 3.8) is 0 Å². The molecule has 0 saturated carbocycles. The summed E-state index contributed by atoms with van der Waals surface area (Å²) in [5.74, 6) is 0.0870. The number of Topliss-reactive ketones (excluding diaryl/α,β-unsaturated/α-hetero) is 1. The molecular weight excluding hydrogens is 444 g/mol. The van der Waals surface area contributed by atoms with Crippen molar-refractivity contribution in [1.82, 2.24) is 9.80 Å². The first-order valence-corrected chi connectivity index (χ1v) is 12.2. The highest BCUT2D eigenvalue weighted by Crippen LogP contribution is 2.41. The number of rotatable bonds is 3. The van der Waals surface area contributed by atoms with E-state index >= 15 is 0 Å². The molecule has 2 aromatic carbocycles. The van der Waals surface area contributed by atoms with E-state index in [2.05, 4.69) is 0 Å². The largest absolute Gasteiger partial charge is 0.486 e. The molecule has 3 aliphatic rings. The van der Waals surface area contributed by atoms with E-state index < -0.39 is 5.60 Å². The summed E-state index contributed by atoms with van der Waals surface area (Å²) in [6, 6.07) is 8.66. The number of ether oxygens (including phenoxy) is 1. The molecule has 3 aliphatic heterocycles. The highest BCUT2D eigenvalue weighted by molar-refractivity contribution is 6.22. The fourth-order valence-corrected chi connectivity index (χ4v) is 5.47. The van der Waals surface area contributed by atoms with Crippen LogP contribution in [-0.4, -0.2) is 58.5 Å². The number of piperidine rings is 1. The van der Waals surface area contributed by atoms with Gasteiger partial charge in [0.2, 0.25) is 0 Å². The van der Waals surface area contributed by atoms with Gasteiger partial charge in [0.1, 0.15) is 11.4 Å². The minimum atomic E-state index is -0.599. The van der Waals surface area contributed by atoms with E-state index in [0.29, 0.717) is 66.9 Å². The van der Waals surface area contributed by atoms with Crippen molar-refractivity contribution in [3.8, 4) is 5.75 Å². The Labute approximate surface area is 205 Å². The van der Waals surface area contributed by atoms with Crippen LogP contribution in [-0.2, 0) is 0 Å². The quantitative estimate of drug-likeness (QED) is 0.623. The SMILES string of the molecule is Cc1cc(C)c2c(c1)C(=O)CC1(CCN(C(=O)c3ccc4c(c3)C(=O)N(CC(C)C)C4=O)CC1)O2. The van der Waals surface area contributed by atoms with Gasteiger partial charge in [0.15, 0.2) is 5.78 Å². The Balaban J connectivity index is 1.31. The van der Waals surface area contributed by atoms with Crippen LogP contribution in [0.5, 0.6) is 5.75 Å². The number of aryl methyl sites for hydroxylation is 2. The third kappa shape index (κ3) is 3.93. The van der Waals surface area contributed by atoms with Crippen molar-refractivity contribution in [3.05, 3.63) is 63.7 Å². The summed E-state index contributed by atoms with van der Waals surface area (Å²) in [4.78, 5) is 54.6. The zero-order valence-electron chi connectivity index (χ0n) is 20.6. The fourth-order valence-electron chi connectivity index (χ4n) is 5.47. The van der Waals surface area contributed by atoms with Gasteiger partial charge in [-0.3, -0.25) is 24.1 Å². The molecule has 0 bridgehead atoms. The maximum absolute atomic E-state index is 13.3. The molecule has 7 heteroatoms. The zero-order valence-corrected chi connectivity index (χ0v) is 20.6. The second kappa shape index (κ2) is 8.33. The molecule has 0 atom stereocenters. The van der Waals surface area contributed by atoms with E-state index in [1.807, 2.05) is 39.8 Å². The van der Waals surface area contributed by atoms with Crippen LogP contribution >= 0.6 is 0 Å². The molecule has 0 N–H and O–H groups in total. The van der Waals surface area contributed by atoms with Crippen molar-refractivity contribution in [2.24, 2.45) is 5.92 Å². The van der Waals surface area contributed by atoms with Gasteiger partial charge in [-0.25, -0.2) is 0 Å². The van der Waals surface area contributed by atoms with E-state index in [9.17, 15) is 19.2 Å². The van der Waals surface area contributed by atoms with Crippen LogP contribution in [0, 0.1) is 19.8 Å². The average molecular weight is 475 g/mol. The van der Waals surface area contributed by atoms with E-state index in [4.69, 9.17) is 4.74 Å². The van der Waals surface area contributed by atoms with Crippen molar-refractivity contribution < 1.29 is 23.9 Å². The number of carbonyl (C=O) groups is 4. The summed E-state index contributed by atoms with van der Waals surface area (Å²) in [5, 5.41) is 0. The topological polar surface area (TPSA) is 84.0 Å². The zero-order chi connectivity index (χ0) is 25.1. The van der Waals surface area contributed by atoms with Crippen molar-refractivity contribution in [1.29, 1.82) is 0 Å². The predicted octanol–water partition coefficient (Wildman–Crippen LogP) is 4.20. The molecule has 0 aliphatic carbocycles. The molecule has 1 fully saturated rings. The highest BCUT2D eigenvalue weighted by atomic mass is 16.5. The van der Waals surface area contributed by atoms with Crippen molar-refractivity contribution >= 4 is 23.5 Å². The summed E-state index contributed by atoms with van der Waals surface area (Å²) in [6.07, 6.45) is 1.43. The van der Waals surface area contributed by atoms with Gasteiger partial charge in [-0.05, 0) is 55.2 Å². The number of hydrogen-bond donors (Lipinski definition) is 0. The minimum absolute atomic E-state index is 0.0885.